The summed E-state index contributed by atoms with van der Waals surface area (Å²) in [6.07, 6.45) is 2.61. The van der Waals surface area contributed by atoms with Crippen LogP contribution < -0.4 is 0 Å². The van der Waals surface area contributed by atoms with Crippen LogP contribution in [0.5, 0.6) is 0 Å². The molecule has 1 heterocycles. The van der Waals surface area contributed by atoms with Crippen molar-refractivity contribution < 1.29 is 4.79 Å². The van der Waals surface area contributed by atoms with Crippen molar-refractivity contribution in [2.75, 3.05) is 13.1 Å². The second-order valence-corrected chi connectivity index (χ2v) is 6.12. The van der Waals surface area contributed by atoms with Gasteiger partial charge in [-0.2, -0.15) is 5.26 Å². The fraction of sp³-hybridized carbons (Fsp3) is 0.857. The lowest BCUT2D eigenvalue weighted by atomic mass is 9.79. The molecular formula is C14H22N2O. The molecule has 2 aliphatic rings. The van der Waals surface area contributed by atoms with Gasteiger partial charge in [0.2, 0.25) is 5.91 Å². The van der Waals surface area contributed by atoms with Crippen molar-refractivity contribution in [3.05, 3.63) is 0 Å². The van der Waals surface area contributed by atoms with Gasteiger partial charge in [-0.3, -0.25) is 4.79 Å². The van der Waals surface area contributed by atoms with Gasteiger partial charge in [-0.05, 0) is 37.0 Å². The van der Waals surface area contributed by atoms with E-state index in [1.807, 2.05) is 4.90 Å². The van der Waals surface area contributed by atoms with Crippen LogP contribution in [0.2, 0.25) is 0 Å². The topological polar surface area (TPSA) is 44.1 Å². The smallest absolute Gasteiger partial charge is 0.243 e. The minimum absolute atomic E-state index is 0.0950. The average Bonchev–Trinajstić information content (AvgIpc) is 3.09. The number of carbonyl (C=O) groups excluding carboxylic acids is 1. The lowest BCUT2D eigenvalue weighted by molar-refractivity contribution is -0.138. The molecule has 1 aliphatic carbocycles. The molecule has 0 spiro atoms. The molecule has 0 radical (unpaired) electrons. The molecule has 0 unspecified atom stereocenters. The van der Waals surface area contributed by atoms with Gasteiger partial charge in [0, 0.05) is 13.1 Å². The van der Waals surface area contributed by atoms with E-state index in [4.69, 9.17) is 5.26 Å². The maximum Gasteiger partial charge on any atom is 0.243 e. The lowest BCUT2D eigenvalue weighted by Crippen LogP contribution is -2.47. The summed E-state index contributed by atoms with van der Waals surface area (Å²) in [5.74, 6) is 1.98. The number of rotatable bonds is 2. The van der Waals surface area contributed by atoms with Crippen molar-refractivity contribution >= 4 is 5.91 Å². The summed E-state index contributed by atoms with van der Waals surface area (Å²) in [5, 5.41) is 9.09. The Morgan fingerprint density at radius 3 is 2.59 bits per heavy atom. The van der Waals surface area contributed by atoms with E-state index in [0.717, 1.165) is 32.4 Å². The fourth-order valence-corrected chi connectivity index (χ4v) is 2.95. The molecule has 0 aromatic rings. The van der Waals surface area contributed by atoms with Gasteiger partial charge in [-0.15, -0.1) is 0 Å². The molecule has 3 heteroatoms. The third-order valence-electron chi connectivity index (χ3n) is 4.53. The quantitative estimate of drug-likeness (QED) is 0.736. The molecule has 2 fully saturated rings. The Hall–Kier alpha value is -1.04. The zero-order valence-electron chi connectivity index (χ0n) is 11.1. The third-order valence-corrected chi connectivity index (χ3v) is 4.53. The summed E-state index contributed by atoms with van der Waals surface area (Å²) in [4.78, 5) is 14.2. The highest BCUT2D eigenvalue weighted by Crippen LogP contribution is 2.47. The molecule has 2 rings (SSSR count). The first-order valence-electron chi connectivity index (χ1n) is 6.71. The van der Waals surface area contributed by atoms with Crippen LogP contribution in [0, 0.1) is 34.5 Å². The highest BCUT2D eigenvalue weighted by Gasteiger charge is 2.53. The van der Waals surface area contributed by atoms with Gasteiger partial charge in [0.05, 0.1) is 6.07 Å². The molecule has 0 aromatic carbocycles. The molecule has 1 aliphatic heterocycles. The van der Waals surface area contributed by atoms with Crippen molar-refractivity contribution in [3.8, 4) is 6.07 Å². The summed E-state index contributed by atoms with van der Waals surface area (Å²) >= 11 is 0. The minimum atomic E-state index is -0.637. The zero-order valence-corrected chi connectivity index (χ0v) is 11.1. The minimum Gasteiger partial charge on any atom is -0.341 e. The van der Waals surface area contributed by atoms with Crippen LogP contribution in [-0.2, 0) is 4.79 Å². The maximum absolute atomic E-state index is 12.3. The number of nitriles is 1. The average molecular weight is 234 g/mol. The van der Waals surface area contributed by atoms with Crippen LogP contribution in [0.1, 0.15) is 40.0 Å². The van der Waals surface area contributed by atoms with E-state index in [1.54, 1.807) is 0 Å². The van der Waals surface area contributed by atoms with Gasteiger partial charge in [0.1, 0.15) is 5.41 Å². The Kier molecular flexibility index (Phi) is 3.16. The van der Waals surface area contributed by atoms with Gasteiger partial charge in [0.25, 0.3) is 0 Å². The first-order chi connectivity index (χ1) is 8.00. The van der Waals surface area contributed by atoms with Gasteiger partial charge in [-0.1, -0.05) is 20.8 Å². The van der Waals surface area contributed by atoms with E-state index >= 15 is 0 Å². The van der Waals surface area contributed by atoms with E-state index in [-0.39, 0.29) is 5.91 Å². The number of hydrogen-bond donors (Lipinski definition) is 0. The summed E-state index contributed by atoms with van der Waals surface area (Å²) in [6.45, 7) is 8.43. The van der Waals surface area contributed by atoms with Crippen LogP contribution >= 0.6 is 0 Å². The molecule has 17 heavy (non-hydrogen) atoms. The largest absolute Gasteiger partial charge is 0.341 e. The molecule has 0 bridgehead atoms. The van der Waals surface area contributed by atoms with Crippen LogP contribution in [0.15, 0.2) is 0 Å². The molecule has 2 atom stereocenters. The Labute approximate surface area is 104 Å². The predicted octanol–water partition coefficient (Wildman–Crippen LogP) is 2.43. The number of piperidine rings is 1. The third kappa shape index (κ3) is 2.18. The van der Waals surface area contributed by atoms with Crippen LogP contribution in [0.4, 0.5) is 0 Å². The molecule has 1 amide bonds. The first-order valence-corrected chi connectivity index (χ1v) is 6.71. The van der Waals surface area contributed by atoms with Gasteiger partial charge < -0.3 is 4.90 Å². The normalized spacial score (nSPS) is 31.1. The Bertz CT molecular complexity index is 352. The molecule has 94 valence electrons. The Balaban J connectivity index is 2.04. The molecule has 3 nitrogen and oxygen atoms in total. The van der Waals surface area contributed by atoms with Crippen molar-refractivity contribution in [1.29, 1.82) is 5.26 Å². The van der Waals surface area contributed by atoms with E-state index in [0.29, 0.717) is 17.8 Å². The second kappa shape index (κ2) is 4.33. The summed E-state index contributed by atoms with van der Waals surface area (Å²) in [7, 11) is 0. The van der Waals surface area contributed by atoms with Crippen LogP contribution in [-0.4, -0.2) is 23.9 Å². The summed E-state index contributed by atoms with van der Waals surface area (Å²) in [5.41, 5.74) is -0.637. The monoisotopic (exact) mass is 234 g/mol. The number of carbonyl (C=O) groups is 1. The SMILES string of the molecule is CC(C)[C@H]1CN(C(=O)C2(C#N)CC2)CC[C@H]1C. The molecule has 0 aromatic heterocycles. The van der Waals surface area contributed by atoms with Gasteiger partial charge >= 0.3 is 0 Å². The highest BCUT2D eigenvalue weighted by molar-refractivity contribution is 5.88. The van der Waals surface area contributed by atoms with E-state index in [1.165, 1.54) is 0 Å². The molecule has 1 saturated heterocycles. The molecule has 1 saturated carbocycles. The number of amides is 1. The summed E-state index contributed by atoms with van der Waals surface area (Å²) < 4.78 is 0. The van der Waals surface area contributed by atoms with E-state index < -0.39 is 5.41 Å². The predicted molar refractivity (Wildman–Crippen MR) is 66.0 cm³/mol. The van der Waals surface area contributed by atoms with Crippen LogP contribution in [0.25, 0.3) is 0 Å². The van der Waals surface area contributed by atoms with Crippen molar-refractivity contribution in [3.63, 3.8) is 0 Å². The van der Waals surface area contributed by atoms with Crippen LogP contribution in [0.3, 0.4) is 0 Å². The van der Waals surface area contributed by atoms with E-state index in [9.17, 15) is 4.79 Å². The fourth-order valence-electron chi connectivity index (χ4n) is 2.95. The number of hydrogen-bond acceptors (Lipinski definition) is 2. The second-order valence-electron chi connectivity index (χ2n) is 6.12. The van der Waals surface area contributed by atoms with Crippen molar-refractivity contribution in [2.45, 2.75) is 40.0 Å². The molecule has 0 N–H and O–H groups in total. The standard InChI is InChI=1S/C14H22N2O/c1-10(2)12-8-16(7-4-11(12)3)13(17)14(9-15)5-6-14/h10-12H,4-8H2,1-3H3/t11-,12-/m1/s1. The first kappa shape index (κ1) is 12.4. The van der Waals surface area contributed by atoms with Gasteiger partial charge in [0.15, 0.2) is 0 Å². The summed E-state index contributed by atoms with van der Waals surface area (Å²) in [6, 6.07) is 2.21. The highest BCUT2D eigenvalue weighted by atomic mass is 16.2. The lowest BCUT2D eigenvalue weighted by Gasteiger charge is -2.40. The van der Waals surface area contributed by atoms with Crippen molar-refractivity contribution in [2.24, 2.45) is 23.2 Å². The number of nitrogens with zero attached hydrogens (tertiary/aromatic N) is 2. The Morgan fingerprint density at radius 2 is 2.12 bits per heavy atom. The number of likely N-dealkylation sites (tertiary alicyclic amines) is 1. The van der Waals surface area contributed by atoms with Crippen molar-refractivity contribution in [1.82, 2.24) is 4.90 Å². The van der Waals surface area contributed by atoms with Gasteiger partial charge in [-0.25, -0.2) is 0 Å². The Morgan fingerprint density at radius 1 is 1.47 bits per heavy atom. The zero-order chi connectivity index (χ0) is 12.6. The molecular weight excluding hydrogens is 212 g/mol. The van der Waals surface area contributed by atoms with E-state index in [2.05, 4.69) is 26.8 Å². The maximum atomic E-state index is 12.3.